The zero-order chi connectivity index (χ0) is 17.9. The molecular weight excluding hydrogens is 318 g/mol. The summed E-state index contributed by atoms with van der Waals surface area (Å²) in [6, 6.07) is 25.9. The van der Waals surface area contributed by atoms with E-state index in [4.69, 9.17) is 4.74 Å². The van der Waals surface area contributed by atoms with Crippen LogP contribution in [0.4, 0.5) is 0 Å². The molecule has 0 aromatic heterocycles. The molecule has 4 rings (SSSR count). The summed E-state index contributed by atoms with van der Waals surface area (Å²) in [6.45, 7) is 3.00. The summed E-state index contributed by atoms with van der Waals surface area (Å²) in [5, 5.41) is 0. The van der Waals surface area contributed by atoms with Crippen LogP contribution in [0, 0.1) is 6.92 Å². The summed E-state index contributed by atoms with van der Waals surface area (Å²) in [6.07, 6.45) is 2.24. The second-order valence-corrected chi connectivity index (χ2v) is 7.20. The number of aryl methyl sites for hydroxylation is 2. The lowest BCUT2D eigenvalue weighted by Gasteiger charge is -2.33. The Hall–Kier alpha value is -2.58. The fourth-order valence-electron chi connectivity index (χ4n) is 3.61. The third-order valence-electron chi connectivity index (χ3n) is 5.13. The van der Waals surface area contributed by atoms with E-state index in [0.717, 1.165) is 25.1 Å². The maximum Gasteiger partial charge on any atom is 0.153 e. The van der Waals surface area contributed by atoms with Crippen LogP contribution in [0.2, 0.25) is 0 Å². The Balaban J connectivity index is 1.47. The van der Waals surface area contributed by atoms with E-state index in [0.29, 0.717) is 0 Å². The highest BCUT2D eigenvalue weighted by molar-refractivity contribution is 5.64. The monoisotopic (exact) mass is 343 g/mol. The maximum atomic E-state index is 6.22. The largest absolute Gasteiger partial charge is 0.475 e. The van der Waals surface area contributed by atoms with Crippen molar-refractivity contribution in [2.45, 2.75) is 32.5 Å². The van der Waals surface area contributed by atoms with Crippen molar-refractivity contribution in [3.8, 4) is 16.9 Å². The van der Waals surface area contributed by atoms with E-state index in [2.05, 4.69) is 85.6 Å². The smallest absolute Gasteiger partial charge is 0.153 e. The first-order valence-corrected chi connectivity index (χ1v) is 9.30. The lowest BCUT2D eigenvalue weighted by atomic mass is 10.0. The Morgan fingerprint density at radius 1 is 0.923 bits per heavy atom. The Morgan fingerprint density at radius 3 is 2.58 bits per heavy atom. The van der Waals surface area contributed by atoms with Crippen LogP contribution in [0.3, 0.4) is 0 Å². The molecule has 0 saturated carbocycles. The van der Waals surface area contributed by atoms with Crippen molar-refractivity contribution < 1.29 is 4.74 Å². The molecular formula is C24H25NO. The standard InChI is InChI=1S/C24H25NO/c1-18-10-12-20(13-11-18)22-8-5-6-19(16-22)17-25(2)24-15-14-21-7-3-4-9-23(21)26-24/h3-13,16,24H,14-15,17H2,1-2H3. The molecule has 1 aliphatic heterocycles. The van der Waals surface area contributed by atoms with E-state index in [9.17, 15) is 0 Å². The highest BCUT2D eigenvalue weighted by Crippen LogP contribution is 2.29. The van der Waals surface area contributed by atoms with Gasteiger partial charge in [0.1, 0.15) is 5.75 Å². The number of benzene rings is 3. The number of nitrogens with zero attached hydrogens (tertiary/aromatic N) is 1. The Labute approximate surface area is 156 Å². The molecule has 26 heavy (non-hydrogen) atoms. The van der Waals surface area contributed by atoms with Gasteiger partial charge < -0.3 is 4.74 Å². The van der Waals surface area contributed by atoms with Gasteiger partial charge in [-0.3, -0.25) is 4.90 Å². The molecule has 3 aromatic carbocycles. The van der Waals surface area contributed by atoms with Gasteiger partial charge in [0.05, 0.1) is 0 Å². The number of fused-ring (bicyclic) bond motifs is 1. The molecule has 2 heteroatoms. The van der Waals surface area contributed by atoms with Crippen LogP contribution in [-0.4, -0.2) is 18.2 Å². The van der Waals surface area contributed by atoms with Crippen molar-refractivity contribution >= 4 is 0 Å². The van der Waals surface area contributed by atoms with Gasteiger partial charge in [0.2, 0.25) is 0 Å². The first kappa shape index (κ1) is 16.9. The summed E-state index contributed by atoms with van der Waals surface area (Å²) in [4.78, 5) is 2.31. The second-order valence-electron chi connectivity index (χ2n) is 7.20. The number of hydrogen-bond acceptors (Lipinski definition) is 2. The molecule has 0 bridgehead atoms. The first-order valence-electron chi connectivity index (χ1n) is 9.30. The van der Waals surface area contributed by atoms with Crippen LogP contribution >= 0.6 is 0 Å². The van der Waals surface area contributed by atoms with E-state index in [1.54, 1.807) is 0 Å². The molecule has 0 N–H and O–H groups in total. The molecule has 0 spiro atoms. The molecule has 1 atom stereocenters. The molecule has 2 nitrogen and oxygen atoms in total. The molecule has 0 aliphatic carbocycles. The fraction of sp³-hybridized carbons (Fsp3) is 0.250. The average Bonchev–Trinajstić information content (AvgIpc) is 2.68. The predicted molar refractivity (Wildman–Crippen MR) is 107 cm³/mol. The second kappa shape index (κ2) is 7.35. The fourth-order valence-corrected chi connectivity index (χ4v) is 3.61. The van der Waals surface area contributed by atoms with Crippen molar-refractivity contribution in [2.24, 2.45) is 0 Å². The van der Waals surface area contributed by atoms with E-state index < -0.39 is 0 Å². The molecule has 1 aliphatic rings. The lowest BCUT2D eigenvalue weighted by molar-refractivity contribution is 0.0226. The highest BCUT2D eigenvalue weighted by atomic mass is 16.5. The normalized spacial score (nSPS) is 16.2. The summed E-state index contributed by atoms with van der Waals surface area (Å²) < 4.78 is 6.22. The van der Waals surface area contributed by atoms with Gasteiger partial charge in [-0.05, 0) is 54.8 Å². The molecule has 3 aromatic rings. The molecule has 132 valence electrons. The van der Waals surface area contributed by atoms with Crippen molar-refractivity contribution in [3.63, 3.8) is 0 Å². The van der Waals surface area contributed by atoms with Crippen molar-refractivity contribution in [1.29, 1.82) is 0 Å². The summed E-state index contributed by atoms with van der Waals surface area (Å²) in [5.41, 5.74) is 6.46. The number of para-hydroxylation sites is 1. The molecule has 0 saturated heterocycles. The lowest BCUT2D eigenvalue weighted by Crippen LogP contribution is -2.38. The van der Waals surface area contributed by atoms with E-state index in [-0.39, 0.29) is 6.23 Å². The summed E-state index contributed by atoms with van der Waals surface area (Å²) >= 11 is 0. The predicted octanol–water partition coefficient (Wildman–Crippen LogP) is 5.45. The van der Waals surface area contributed by atoms with Crippen LogP contribution in [0.1, 0.15) is 23.1 Å². The Morgan fingerprint density at radius 2 is 1.73 bits per heavy atom. The first-order chi connectivity index (χ1) is 12.7. The van der Waals surface area contributed by atoms with Crippen molar-refractivity contribution in [3.05, 3.63) is 89.5 Å². The van der Waals surface area contributed by atoms with E-state index in [1.165, 1.54) is 27.8 Å². The maximum absolute atomic E-state index is 6.22. The molecule has 1 unspecified atom stereocenters. The van der Waals surface area contributed by atoms with Gasteiger partial charge in [-0.15, -0.1) is 0 Å². The number of ether oxygens (including phenoxy) is 1. The average molecular weight is 343 g/mol. The van der Waals surface area contributed by atoms with Gasteiger partial charge in [0.25, 0.3) is 0 Å². The van der Waals surface area contributed by atoms with Gasteiger partial charge in [-0.2, -0.15) is 0 Å². The minimum absolute atomic E-state index is 0.132. The minimum atomic E-state index is 0.132. The molecule has 0 radical (unpaired) electrons. The summed E-state index contributed by atoms with van der Waals surface area (Å²) in [5.74, 6) is 1.03. The quantitative estimate of drug-likeness (QED) is 0.625. The minimum Gasteiger partial charge on any atom is -0.475 e. The topological polar surface area (TPSA) is 12.5 Å². The number of rotatable bonds is 4. The van der Waals surface area contributed by atoms with Crippen LogP contribution in [0.15, 0.2) is 72.8 Å². The molecule has 1 heterocycles. The van der Waals surface area contributed by atoms with Crippen molar-refractivity contribution in [2.75, 3.05) is 7.05 Å². The van der Waals surface area contributed by atoms with E-state index in [1.807, 2.05) is 6.07 Å². The molecule has 0 fully saturated rings. The van der Waals surface area contributed by atoms with Gasteiger partial charge in [-0.1, -0.05) is 66.2 Å². The zero-order valence-electron chi connectivity index (χ0n) is 15.5. The van der Waals surface area contributed by atoms with Crippen molar-refractivity contribution in [1.82, 2.24) is 4.90 Å². The Bertz CT molecular complexity index is 885. The zero-order valence-corrected chi connectivity index (χ0v) is 15.5. The SMILES string of the molecule is Cc1ccc(-c2cccc(CN(C)C3CCc4ccccc4O3)c2)cc1. The summed E-state index contributed by atoms with van der Waals surface area (Å²) in [7, 11) is 2.15. The van der Waals surface area contributed by atoms with Gasteiger partial charge in [-0.25, -0.2) is 0 Å². The Kier molecular flexibility index (Phi) is 4.77. The number of hydrogen-bond donors (Lipinski definition) is 0. The van der Waals surface area contributed by atoms with Crippen LogP contribution in [-0.2, 0) is 13.0 Å². The van der Waals surface area contributed by atoms with Gasteiger partial charge in [0.15, 0.2) is 6.23 Å². The van der Waals surface area contributed by atoms with E-state index >= 15 is 0 Å². The highest BCUT2D eigenvalue weighted by Gasteiger charge is 2.23. The van der Waals surface area contributed by atoms with Crippen LogP contribution in [0.5, 0.6) is 5.75 Å². The molecule has 0 amide bonds. The van der Waals surface area contributed by atoms with Gasteiger partial charge in [0, 0.05) is 13.0 Å². The van der Waals surface area contributed by atoms with Crippen LogP contribution < -0.4 is 4.74 Å². The third-order valence-corrected chi connectivity index (χ3v) is 5.13. The third kappa shape index (κ3) is 3.66. The van der Waals surface area contributed by atoms with Gasteiger partial charge >= 0.3 is 0 Å². The van der Waals surface area contributed by atoms with Crippen LogP contribution in [0.25, 0.3) is 11.1 Å².